The molecule has 0 aliphatic heterocycles. The monoisotopic (exact) mass is 796 g/mol. The van der Waals surface area contributed by atoms with Crippen LogP contribution in [0.15, 0.2) is 48.6 Å². The van der Waals surface area contributed by atoms with E-state index in [9.17, 15) is 19.4 Å². The van der Waals surface area contributed by atoms with E-state index < -0.39 is 20.0 Å². The van der Waals surface area contributed by atoms with Crippen LogP contribution in [-0.2, 0) is 18.4 Å². The van der Waals surface area contributed by atoms with E-state index >= 15 is 0 Å². The predicted octanol–water partition coefficient (Wildman–Crippen LogP) is 12.5. The quantitative estimate of drug-likeness (QED) is 0.0247. The number of nitrogens with zero attached hydrogens (tertiary/aromatic N) is 1. The molecule has 0 aromatic carbocycles. The van der Waals surface area contributed by atoms with E-state index in [-0.39, 0.29) is 25.5 Å². The molecule has 322 valence electrons. The van der Waals surface area contributed by atoms with E-state index in [2.05, 4.69) is 55.6 Å². The van der Waals surface area contributed by atoms with Gasteiger partial charge in [0.2, 0.25) is 5.91 Å². The topological polar surface area (TPSA) is 105 Å². The number of carbonyl (C=O) groups is 1. The minimum atomic E-state index is -4.33. The fourth-order valence-electron chi connectivity index (χ4n) is 6.29. The molecule has 0 fully saturated rings. The lowest BCUT2D eigenvalue weighted by molar-refractivity contribution is -0.870. The average Bonchev–Trinajstić information content (AvgIpc) is 3.13. The highest BCUT2D eigenvalue weighted by Crippen LogP contribution is 2.43. The number of hydrogen-bond acceptors (Lipinski definition) is 5. The summed E-state index contributed by atoms with van der Waals surface area (Å²) >= 11 is 0. The molecule has 0 aromatic rings. The van der Waals surface area contributed by atoms with Crippen molar-refractivity contribution in [2.75, 3.05) is 40.9 Å². The molecule has 0 rings (SSSR count). The maximum atomic E-state index is 12.8. The van der Waals surface area contributed by atoms with Crippen LogP contribution in [-0.4, -0.2) is 73.4 Å². The fraction of sp³-hybridized carbons (Fsp3) is 0.804. The first-order valence-electron chi connectivity index (χ1n) is 22.5. The van der Waals surface area contributed by atoms with Crippen LogP contribution in [0.5, 0.6) is 0 Å². The maximum absolute atomic E-state index is 12.8. The molecule has 0 saturated heterocycles. The maximum Gasteiger partial charge on any atom is 0.472 e. The molecule has 0 radical (unpaired) electrons. The number of amides is 1. The lowest BCUT2D eigenvalue weighted by Gasteiger charge is -2.26. The van der Waals surface area contributed by atoms with Crippen LogP contribution in [0.2, 0.25) is 0 Å². The molecule has 0 spiro atoms. The Bertz CT molecular complexity index is 1040. The van der Waals surface area contributed by atoms with Crippen molar-refractivity contribution < 1.29 is 32.9 Å². The van der Waals surface area contributed by atoms with Gasteiger partial charge in [-0.3, -0.25) is 13.8 Å². The number of aliphatic hydroxyl groups excluding tert-OH is 1. The highest BCUT2D eigenvalue weighted by molar-refractivity contribution is 7.47. The van der Waals surface area contributed by atoms with Crippen molar-refractivity contribution in [3.8, 4) is 0 Å². The zero-order chi connectivity index (χ0) is 40.7. The second-order valence-electron chi connectivity index (χ2n) is 16.4. The summed E-state index contributed by atoms with van der Waals surface area (Å²) in [6.07, 6.45) is 47.3. The average molecular weight is 796 g/mol. The van der Waals surface area contributed by atoms with Gasteiger partial charge in [0, 0.05) is 6.42 Å². The molecule has 0 aliphatic carbocycles. The molecule has 0 aromatic heterocycles. The molecule has 0 aliphatic rings. The lowest BCUT2D eigenvalue weighted by Crippen LogP contribution is -2.46. The Morgan fingerprint density at radius 3 is 1.49 bits per heavy atom. The number of quaternary nitrogens is 1. The predicted molar refractivity (Wildman–Crippen MR) is 235 cm³/mol. The molecule has 55 heavy (non-hydrogen) atoms. The molecule has 3 unspecified atom stereocenters. The van der Waals surface area contributed by atoms with Gasteiger partial charge in [0.1, 0.15) is 13.2 Å². The summed E-state index contributed by atoms with van der Waals surface area (Å²) < 4.78 is 23.6. The van der Waals surface area contributed by atoms with Crippen molar-refractivity contribution in [2.45, 2.75) is 199 Å². The normalized spacial score (nSPS) is 14.8. The van der Waals surface area contributed by atoms with Crippen LogP contribution >= 0.6 is 7.82 Å². The lowest BCUT2D eigenvalue weighted by atomic mass is 10.0. The van der Waals surface area contributed by atoms with E-state index in [1.165, 1.54) is 109 Å². The van der Waals surface area contributed by atoms with Crippen LogP contribution in [0.1, 0.15) is 187 Å². The molecule has 0 saturated carbocycles. The van der Waals surface area contributed by atoms with Gasteiger partial charge in [0.25, 0.3) is 0 Å². The Morgan fingerprint density at radius 1 is 0.636 bits per heavy atom. The van der Waals surface area contributed by atoms with Gasteiger partial charge in [0.05, 0.1) is 39.9 Å². The van der Waals surface area contributed by atoms with Gasteiger partial charge in [-0.15, -0.1) is 0 Å². The first-order chi connectivity index (χ1) is 26.5. The van der Waals surface area contributed by atoms with E-state index in [1.807, 2.05) is 33.3 Å². The fourth-order valence-corrected chi connectivity index (χ4v) is 7.03. The highest BCUT2D eigenvalue weighted by atomic mass is 31.2. The number of nitrogens with one attached hydrogen (secondary N) is 1. The number of phosphoric acid groups is 1. The first-order valence-corrected chi connectivity index (χ1v) is 24.0. The zero-order valence-electron chi connectivity index (χ0n) is 36.4. The Kier molecular flexibility index (Phi) is 36.9. The van der Waals surface area contributed by atoms with Gasteiger partial charge in [-0.25, -0.2) is 4.57 Å². The van der Waals surface area contributed by atoms with Crippen molar-refractivity contribution in [3.63, 3.8) is 0 Å². The van der Waals surface area contributed by atoms with E-state index in [4.69, 9.17) is 9.05 Å². The Balaban J connectivity index is 4.39. The third-order valence-corrected chi connectivity index (χ3v) is 10.8. The highest BCUT2D eigenvalue weighted by Gasteiger charge is 2.28. The molecule has 9 heteroatoms. The van der Waals surface area contributed by atoms with Crippen molar-refractivity contribution >= 4 is 13.7 Å². The van der Waals surface area contributed by atoms with Crippen molar-refractivity contribution in [3.05, 3.63) is 48.6 Å². The molecule has 0 bridgehead atoms. The largest absolute Gasteiger partial charge is 0.472 e. The van der Waals surface area contributed by atoms with Crippen LogP contribution < -0.4 is 5.32 Å². The van der Waals surface area contributed by atoms with E-state index in [0.717, 1.165) is 44.9 Å². The Hall–Kier alpha value is -1.54. The number of carbonyl (C=O) groups excluding carboxylic acids is 1. The third kappa shape index (κ3) is 40.5. The molecule has 0 heterocycles. The number of allylic oxidation sites excluding steroid dienone is 8. The van der Waals surface area contributed by atoms with Crippen molar-refractivity contribution in [1.82, 2.24) is 5.32 Å². The number of rotatable bonds is 40. The summed E-state index contributed by atoms with van der Waals surface area (Å²) in [5.41, 5.74) is 0. The second-order valence-corrected chi connectivity index (χ2v) is 17.9. The number of hydrogen-bond donors (Lipinski definition) is 3. The van der Waals surface area contributed by atoms with Gasteiger partial charge in [-0.05, 0) is 38.5 Å². The molecular weight excluding hydrogens is 707 g/mol. The van der Waals surface area contributed by atoms with Crippen LogP contribution in [0.25, 0.3) is 0 Å². The van der Waals surface area contributed by atoms with Gasteiger partial charge in [-0.1, -0.05) is 191 Å². The smallest absolute Gasteiger partial charge is 0.391 e. The zero-order valence-corrected chi connectivity index (χ0v) is 37.3. The molecule has 8 nitrogen and oxygen atoms in total. The number of unbranched alkanes of at least 4 members (excludes halogenated alkanes) is 19. The van der Waals surface area contributed by atoms with Gasteiger partial charge in [0.15, 0.2) is 0 Å². The van der Waals surface area contributed by atoms with Gasteiger partial charge < -0.3 is 19.8 Å². The molecule has 3 N–H and O–H groups in total. The summed E-state index contributed by atoms with van der Waals surface area (Å²) in [7, 11) is 1.57. The number of likely N-dealkylation sites (N-methyl/N-ethyl adjacent to an activating group) is 1. The van der Waals surface area contributed by atoms with E-state index in [0.29, 0.717) is 23.9 Å². The summed E-state index contributed by atoms with van der Waals surface area (Å²) in [6.45, 7) is 4.71. The van der Waals surface area contributed by atoms with E-state index in [1.54, 1.807) is 0 Å². The molecule has 3 atom stereocenters. The summed E-state index contributed by atoms with van der Waals surface area (Å²) in [5.74, 6) is -0.225. The van der Waals surface area contributed by atoms with Crippen LogP contribution in [0.4, 0.5) is 0 Å². The Morgan fingerprint density at radius 2 is 1.05 bits per heavy atom. The van der Waals surface area contributed by atoms with Gasteiger partial charge >= 0.3 is 7.82 Å². The molecular formula is C46H88N2O6P+. The minimum Gasteiger partial charge on any atom is -0.391 e. The third-order valence-electron chi connectivity index (χ3n) is 9.85. The van der Waals surface area contributed by atoms with Crippen LogP contribution in [0, 0.1) is 0 Å². The minimum absolute atomic E-state index is 0.0606. The number of phosphoric ester groups is 1. The Labute approximate surface area is 339 Å². The van der Waals surface area contributed by atoms with Gasteiger partial charge in [-0.2, -0.15) is 0 Å². The van der Waals surface area contributed by atoms with Crippen LogP contribution in [0.3, 0.4) is 0 Å². The standard InChI is InChI=1S/C46H87N2O6P/c1-6-8-10-12-14-16-18-20-21-22-23-24-25-26-28-29-31-33-35-37-39-45(49)44(43-54-55(51,52)53-42-41-48(3,4)5)47-46(50)40-38-36-34-32-30-27-19-17-15-13-11-9-7-2/h9,11,15,17,27,30,34,36,44-45,49H,6-8,10,12-14,16,18-26,28-29,31-33,35,37-43H2,1-5H3,(H-,47,50,51,52)/p+1/b11-9-,17-15-,30-27-,36-34-. The first kappa shape index (κ1) is 53.5. The summed E-state index contributed by atoms with van der Waals surface area (Å²) in [4.78, 5) is 23.1. The summed E-state index contributed by atoms with van der Waals surface area (Å²) in [5, 5.41) is 13.9. The van der Waals surface area contributed by atoms with Crippen molar-refractivity contribution in [1.29, 1.82) is 0 Å². The second kappa shape index (κ2) is 38.0. The van der Waals surface area contributed by atoms with Crippen molar-refractivity contribution in [2.24, 2.45) is 0 Å². The summed E-state index contributed by atoms with van der Waals surface area (Å²) in [6, 6.07) is -0.798. The molecule has 1 amide bonds. The number of aliphatic hydroxyl groups is 1. The SMILES string of the molecule is CC/C=C\C/C=C\C/C=C\C/C=C\CCC(=O)NC(COP(=O)(O)OCC[N+](C)(C)C)C(O)CCCCCCCCCCCCCCCCCCCCCC.